The minimum atomic E-state index is -0.168. The fourth-order valence-electron chi connectivity index (χ4n) is 2.08. The van der Waals surface area contributed by atoms with Crippen molar-refractivity contribution in [3.8, 4) is 0 Å². The molecule has 1 aromatic carbocycles. The van der Waals surface area contributed by atoms with E-state index in [1.165, 1.54) is 17.7 Å². The second-order valence-electron chi connectivity index (χ2n) is 5.55. The van der Waals surface area contributed by atoms with Gasteiger partial charge in [0.15, 0.2) is 0 Å². The molecule has 1 aromatic rings. The molecule has 17 heavy (non-hydrogen) atoms. The molecule has 0 aliphatic carbocycles. The molecule has 1 heterocycles. The molecule has 0 spiro atoms. The second-order valence-corrected chi connectivity index (χ2v) is 5.55. The van der Waals surface area contributed by atoms with Crippen LogP contribution in [0.15, 0.2) is 24.3 Å². The van der Waals surface area contributed by atoms with Gasteiger partial charge in [-0.05, 0) is 23.6 Å². The van der Waals surface area contributed by atoms with Gasteiger partial charge < -0.3 is 10.6 Å². The lowest BCUT2D eigenvalue weighted by Gasteiger charge is -2.30. The van der Waals surface area contributed by atoms with Crippen LogP contribution < -0.4 is 10.6 Å². The molecule has 0 atom stereocenters. The van der Waals surface area contributed by atoms with E-state index in [2.05, 4.69) is 24.5 Å². The van der Waals surface area contributed by atoms with E-state index < -0.39 is 0 Å². The monoisotopic (exact) mass is 236 g/mol. The summed E-state index contributed by atoms with van der Waals surface area (Å²) in [5.74, 6) is 0.608. The molecule has 2 nitrogen and oxygen atoms in total. The van der Waals surface area contributed by atoms with Crippen molar-refractivity contribution < 1.29 is 4.39 Å². The molecule has 1 aliphatic heterocycles. The minimum Gasteiger partial charge on any atom is -0.316 e. The van der Waals surface area contributed by atoms with E-state index in [4.69, 9.17) is 0 Å². The third kappa shape index (κ3) is 3.27. The van der Waals surface area contributed by atoms with Crippen LogP contribution in [-0.2, 0) is 5.41 Å². The zero-order chi connectivity index (χ0) is 12.3. The Balaban J connectivity index is 1.86. The summed E-state index contributed by atoms with van der Waals surface area (Å²) >= 11 is 0. The first-order valence-electron chi connectivity index (χ1n) is 6.25. The Labute approximate surface area is 103 Å². The van der Waals surface area contributed by atoms with Gasteiger partial charge in [-0.25, -0.2) is 4.39 Å². The fraction of sp³-hybridized carbons (Fsp3) is 0.571. The van der Waals surface area contributed by atoms with Gasteiger partial charge in [0.25, 0.3) is 0 Å². The molecule has 0 unspecified atom stereocenters. The molecule has 2 N–H and O–H groups in total. The van der Waals surface area contributed by atoms with E-state index in [9.17, 15) is 4.39 Å². The van der Waals surface area contributed by atoms with E-state index in [0.29, 0.717) is 0 Å². The summed E-state index contributed by atoms with van der Waals surface area (Å²) in [6.45, 7) is 8.62. The molecular formula is C14H21FN2. The highest BCUT2D eigenvalue weighted by Crippen LogP contribution is 2.22. The van der Waals surface area contributed by atoms with E-state index in [-0.39, 0.29) is 11.2 Å². The Hall–Kier alpha value is -0.930. The van der Waals surface area contributed by atoms with Gasteiger partial charge in [-0.1, -0.05) is 26.0 Å². The Bertz CT molecular complexity index is 355. The van der Waals surface area contributed by atoms with Gasteiger partial charge in [0.2, 0.25) is 0 Å². The first-order chi connectivity index (χ1) is 8.08. The van der Waals surface area contributed by atoms with Gasteiger partial charge in [-0.3, -0.25) is 0 Å². The SMILES string of the molecule is CC(C)(CNCC1CNC1)c1ccc(F)cc1. The lowest BCUT2D eigenvalue weighted by atomic mass is 9.84. The summed E-state index contributed by atoms with van der Waals surface area (Å²) in [6, 6.07) is 6.82. The van der Waals surface area contributed by atoms with Crippen molar-refractivity contribution in [2.45, 2.75) is 19.3 Å². The van der Waals surface area contributed by atoms with Crippen molar-refractivity contribution >= 4 is 0 Å². The van der Waals surface area contributed by atoms with Crippen molar-refractivity contribution in [1.82, 2.24) is 10.6 Å². The molecule has 1 fully saturated rings. The van der Waals surface area contributed by atoms with Crippen LogP contribution in [0.2, 0.25) is 0 Å². The average molecular weight is 236 g/mol. The third-order valence-electron chi connectivity index (χ3n) is 3.49. The van der Waals surface area contributed by atoms with E-state index in [0.717, 1.165) is 32.1 Å². The highest BCUT2D eigenvalue weighted by molar-refractivity contribution is 5.24. The maximum absolute atomic E-state index is 12.9. The van der Waals surface area contributed by atoms with E-state index >= 15 is 0 Å². The van der Waals surface area contributed by atoms with Crippen LogP contribution >= 0.6 is 0 Å². The van der Waals surface area contributed by atoms with Crippen LogP contribution in [0, 0.1) is 11.7 Å². The Kier molecular flexibility index (Phi) is 3.79. The molecule has 94 valence electrons. The Morgan fingerprint density at radius 1 is 1.29 bits per heavy atom. The van der Waals surface area contributed by atoms with Crippen molar-refractivity contribution in [3.63, 3.8) is 0 Å². The average Bonchev–Trinajstić information content (AvgIpc) is 2.22. The molecule has 3 heteroatoms. The first kappa shape index (κ1) is 12.5. The zero-order valence-electron chi connectivity index (χ0n) is 10.6. The fourth-order valence-corrected chi connectivity index (χ4v) is 2.08. The number of hydrogen-bond donors (Lipinski definition) is 2. The van der Waals surface area contributed by atoms with Crippen LogP contribution in [0.25, 0.3) is 0 Å². The van der Waals surface area contributed by atoms with E-state index in [1.54, 1.807) is 0 Å². The molecule has 1 saturated heterocycles. The molecule has 0 radical (unpaired) electrons. The summed E-state index contributed by atoms with van der Waals surface area (Å²) in [6.07, 6.45) is 0. The predicted octanol–water partition coefficient (Wildman–Crippen LogP) is 1.91. The molecule has 0 aromatic heterocycles. The van der Waals surface area contributed by atoms with Crippen LogP contribution in [-0.4, -0.2) is 26.2 Å². The van der Waals surface area contributed by atoms with Gasteiger partial charge in [0.05, 0.1) is 0 Å². The lowest BCUT2D eigenvalue weighted by Crippen LogP contribution is -2.48. The smallest absolute Gasteiger partial charge is 0.123 e. The molecule has 0 amide bonds. The first-order valence-corrected chi connectivity index (χ1v) is 6.25. The van der Waals surface area contributed by atoms with Crippen molar-refractivity contribution in [2.75, 3.05) is 26.2 Å². The van der Waals surface area contributed by atoms with Gasteiger partial charge in [-0.15, -0.1) is 0 Å². The third-order valence-corrected chi connectivity index (χ3v) is 3.49. The topological polar surface area (TPSA) is 24.1 Å². The number of halogens is 1. The number of benzene rings is 1. The molecule has 1 aliphatic rings. The summed E-state index contributed by atoms with van der Waals surface area (Å²) < 4.78 is 12.9. The molecule has 0 saturated carbocycles. The molecule has 0 bridgehead atoms. The maximum Gasteiger partial charge on any atom is 0.123 e. The normalized spacial score (nSPS) is 16.9. The second kappa shape index (κ2) is 5.15. The highest BCUT2D eigenvalue weighted by atomic mass is 19.1. The van der Waals surface area contributed by atoms with Gasteiger partial charge in [-0.2, -0.15) is 0 Å². The van der Waals surface area contributed by atoms with Crippen LogP contribution in [0.5, 0.6) is 0 Å². The summed E-state index contributed by atoms with van der Waals surface area (Å²) in [4.78, 5) is 0. The number of nitrogens with one attached hydrogen (secondary N) is 2. The largest absolute Gasteiger partial charge is 0.316 e. The van der Waals surface area contributed by atoms with Gasteiger partial charge in [0, 0.05) is 31.6 Å². The van der Waals surface area contributed by atoms with Gasteiger partial charge in [0.1, 0.15) is 5.82 Å². The van der Waals surface area contributed by atoms with Crippen molar-refractivity contribution in [2.24, 2.45) is 5.92 Å². The Morgan fingerprint density at radius 3 is 2.47 bits per heavy atom. The Morgan fingerprint density at radius 2 is 1.94 bits per heavy atom. The number of hydrogen-bond acceptors (Lipinski definition) is 2. The number of rotatable bonds is 5. The zero-order valence-corrected chi connectivity index (χ0v) is 10.6. The quantitative estimate of drug-likeness (QED) is 0.816. The summed E-state index contributed by atoms with van der Waals surface area (Å²) in [5.41, 5.74) is 1.23. The minimum absolute atomic E-state index is 0.0465. The van der Waals surface area contributed by atoms with Crippen molar-refractivity contribution in [3.05, 3.63) is 35.6 Å². The molecule has 2 rings (SSSR count). The summed E-state index contributed by atoms with van der Waals surface area (Å²) in [5, 5.41) is 6.77. The highest BCUT2D eigenvalue weighted by Gasteiger charge is 2.22. The maximum atomic E-state index is 12.9. The lowest BCUT2D eigenvalue weighted by molar-refractivity contribution is 0.319. The predicted molar refractivity (Wildman–Crippen MR) is 68.7 cm³/mol. The van der Waals surface area contributed by atoms with E-state index in [1.807, 2.05) is 12.1 Å². The van der Waals surface area contributed by atoms with Crippen molar-refractivity contribution in [1.29, 1.82) is 0 Å². The summed E-state index contributed by atoms with van der Waals surface area (Å²) in [7, 11) is 0. The van der Waals surface area contributed by atoms with Gasteiger partial charge >= 0.3 is 0 Å². The standard InChI is InChI=1S/C14H21FN2/c1-14(2,10-17-9-11-7-16-8-11)12-3-5-13(15)6-4-12/h3-6,11,16-17H,7-10H2,1-2H3. The van der Waals surface area contributed by atoms with Crippen LogP contribution in [0.3, 0.4) is 0 Å². The molecular weight excluding hydrogens is 215 g/mol. The van der Waals surface area contributed by atoms with Crippen LogP contribution in [0.1, 0.15) is 19.4 Å². The van der Waals surface area contributed by atoms with Crippen LogP contribution in [0.4, 0.5) is 4.39 Å².